The number of benzene rings is 2. The second-order valence-corrected chi connectivity index (χ2v) is 10.2. The van der Waals surface area contributed by atoms with Crippen LogP contribution in [0.25, 0.3) is 0 Å². The predicted octanol–water partition coefficient (Wildman–Crippen LogP) is 5.98. The SMILES string of the molecule is CC[C@H](C)N(Cc1ccc(OC)c(OS(=O)(=O)c2cccc(C(F)(F)F)c2)c1)C(=O)c1cccs1. The van der Waals surface area contributed by atoms with Gasteiger partial charge in [0.15, 0.2) is 11.5 Å². The van der Waals surface area contributed by atoms with Gasteiger partial charge in [-0.3, -0.25) is 4.79 Å². The van der Waals surface area contributed by atoms with Crippen LogP contribution in [0.2, 0.25) is 0 Å². The van der Waals surface area contributed by atoms with Crippen LogP contribution in [0.15, 0.2) is 64.9 Å². The lowest BCUT2D eigenvalue weighted by molar-refractivity contribution is -0.137. The van der Waals surface area contributed by atoms with Crippen LogP contribution < -0.4 is 8.92 Å². The summed E-state index contributed by atoms with van der Waals surface area (Å²) in [7, 11) is -3.30. The molecule has 0 N–H and O–H groups in total. The van der Waals surface area contributed by atoms with E-state index in [1.165, 1.54) is 30.6 Å². The molecular formula is C24H24F3NO5S2. The fourth-order valence-corrected chi connectivity index (χ4v) is 4.92. The number of carbonyl (C=O) groups excluding carboxylic acids is 1. The number of rotatable bonds is 9. The zero-order chi connectivity index (χ0) is 25.8. The number of alkyl halides is 3. The quantitative estimate of drug-likeness (QED) is 0.320. The van der Waals surface area contributed by atoms with Crippen LogP contribution in [0.5, 0.6) is 11.5 Å². The fraction of sp³-hybridized carbons (Fsp3) is 0.292. The molecule has 2 aromatic carbocycles. The first-order valence-corrected chi connectivity index (χ1v) is 12.9. The Morgan fingerprint density at radius 1 is 1.09 bits per heavy atom. The van der Waals surface area contributed by atoms with E-state index in [0.717, 1.165) is 18.2 Å². The number of hydrogen-bond donors (Lipinski definition) is 0. The van der Waals surface area contributed by atoms with Crippen LogP contribution in [0.4, 0.5) is 13.2 Å². The number of hydrogen-bond acceptors (Lipinski definition) is 6. The summed E-state index contributed by atoms with van der Waals surface area (Å²) in [5.74, 6) is -0.289. The molecule has 0 unspecified atom stereocenters. The lowest BCUT2D eigenvalue weighted by atomic mass is 10.1. The van der Waals surface area contributed by atoms with Crippen molar-refractivity contribution in [1.82, 2.24) is 4.90 Å². The van der Waals surface area contributed by atoms with Crippen molar-refractivity contribution >= 4 is 27.4 Å². The summed E-state index contributed by atoms with van der Waals surface area (Å²) in [6.45, 7) is 4.02. The molecule has 0 aliphatic heterocycles. The van der Waals surface area contributed by atoms with E-state index in [-0.39, 0.29) is 30.0 Å². The van der Waals surface area contributed by atoms with Crippen molar-refractivity contribution < 1.29 is 35.3 Å². The van der Waals surface area contributed by atoms with E-state index in [1.807, 2.05) is 13.8 Å². The first-order valence-electron chi connectivity index (χ1n) is 10.6. The number of nitrogens with zero attached hydrogens (tertiary/aromatic N) is 1. The van der Waals surface area contributed by atoms with E-state index < -0.39 is 26.8 Å². The van der Waals surface area contributed by atoms with Gasteiger partial charge in [-0.05, 0) is 60.7 Å². The molecule has 0 aliphatic carbocycles. The molecule has 1 aromatic heterocycles. The van der Waals surface area contributed by atoms with Crippen molar-refractivity contribution in [2.45, 2.75) is 43.9 Å². The van der Waals surface area contributed by atoms with Crippen molar-refractivity contribution in [1.29, 1.82) is 0 Å². The Hall–Kier alpha value is -3.05. The van der Waals surface area contributed by atoms with Crippen LogP contribution in [-0.4, -0.2) is 32.4 Å². The lowest BCUT2D eigenvalue weighted by Gasteiger charge is -2.28. The van der Waals surface area contributed by atoms with Crippen LogP contribution in [0, 0.1) is 0 Å². The normalized spacial score (nSPS) is 12.7. The number of ether oxygens (including phenoxy) is 1. The Bertz CT molecular complexity index is 1270. The van der Waals surface area contributed by atoms with Crippen molar-refractivity contribution in [3.05, 3.63) is 76.0 Å². The first kappa shape index (κ1) is 26.6. The van der Waals surface area contributed by atoms with E-state index in [1.54, 1.807) is 28.5 Å². The maximum atomic E-state index is 13.1. The smallest absolute Gasteiger partial charge is 0.416 e. The molecule has 1 atom stereocenters. The van der Waals surface area contributed by atoms with E-state index in [4.69, 9.17) is 8.92 Å². The van der Waals surface area contributed by atoms with Gasteiger partial charge >= 0.3 is 16.3 Å². The maximum absolute atomic E-state index is 13.1. The maximum Gasteiger partial charge on any atom is 0.416 e. The van der Waals surface area contributed by atoms with Gasteiger partial charge in [-0.15, -0.1) is 11.3 Å². The topological polar surface area (TPSA) is 72.9 Å². The number of thiophene rings is 1. The number of methoxy groups -OCH3 is 1. The summed E-state index contributed by atoms with van der Waals surface area (Å²) in [6, 6.07) is 11.3. The molecule has 11 heteroatoms. The summed E-state index contributed by atoms with van der Waals surface area (Å²) < 4.78 is 75.1. The van der Waals surface area contributed by atoms with Crippen molar-refractivity contribution in [3.8, 4) is 11.5 Å². The summed E-state index contributed by atoms with van der Waals surface area (Å²) in [6.07, 6.45) is -4.02. The van der Waals surface area contributed by atoms with Gasteiger partial charge in [-0.1, -0.05) is 25.1 Å². The standard InChI is InChI=1S/C24H24F3NO5S2/c1-4-16(2)28(23(29)22-9-6-12-34-22)15-17-10-11-20(32-3)21(13-17)33-35(30,31)19-8-5-7-18(14-19)24(25,26)27/h5-14,16H,4,15H2,1-3H3/t16-/m0/s1. The highest BCUT2D eigenvalue weighted by molar-refractivity contribution is 7.87. The lowest BCUT2D eigenvalue weighted by Crippen LogP contribution is -2.37. The summed E-state index contributed by atoms with van der Waals surface area (Å²) >= 11 is 1.32. The molecule has 0 saturated heterocycles. The Morgan fingerprint density at radius 2 is 1.83 bits per heavy atom. The molecule has 35 heavy (non-hydrogen) atoms. The Balaban J connectivity index is 1.93. The van der Waals surface area contributed by atoms with Gasteiger partial charge in [0.1, 0.15) is 4.90 Å². The molecule has 3 rings (SSSR count). The minimum absolute atomic E-state index is 0.0731. The van der Waals surface area contributed by atoms with Gasteiger partial charge in [0.05, 0.1) is 17.6 Å². The van der Waals surface area contributed by atoms with Gasteiger partial charge in [0.25, 0.3) is 5.91 Å². The van der Waals surface area contributed by atoms with E-state index in [9.17, 15) is 26.4 Å². The van der Waals surface area contributed by atoms with Crippen LogP contribution in [-0.2, 0) is 22.8 Å². The highest BCUT2D eigenvalue weighted by Crippen LogP contribution is 2.34. The Kier molecular flexibility index (Phi) is 8.11. The van der Waals surface area contributed by atoms with Gasteiger partial charge in [-0.2, -0.15) is 21.6 Å². The summed E-state index contributed by atoms with van der Waals surface area (Å²) in [4.78, 5) is 14.6. The van der Waals surface area contributed by atoms with Gasteiger partial charge in [0, 0.05) is 12.6 Å². The first-order chi connectivity index (χ1) is 16.5. The van der Waals surface area contributed by atoms with Crippen molar-refractivity contribution in [2.24, 2.45) is 0 Å². The molecule has 0 spiro atoms. The van der Waals surface area contributed by atoms with Gasteiger partial charge in [-0.25, -0.2) is 0 Å². The van der Waals surface area contributed by atoms with E-state index in [2.05, 4.69) is 0 Å². The third-order valence-electron chi connectivity index (χ3n) is 5.35. The van der Waals surface area contributed by atoms with Crippen LogP contribution in [0.1, 0.15) is 41.1 Å². The van der Waals surface area contributed by atoms with Gasteiger partial charge < -0.3 is 13.8 Å². The number of amides is 1. The average molecular weight is 528 g/mol. The third kappa shape index (κ3) is 6.34. The van der Waals surface area contributed by atoms with Crippen molar-refractivity contribution in [2.75, 3.05) is 7.11 Å². The van der Waals surface area contributed by atoms with Crippen LogP contribution in [0.3, 0.4) is 0 Å². The minimum atomic E-state index is -4.71. The highest BCUT2D eigenvalue weighted by Gasteiger charge is 2.32. The minimum Gasteiger partial charge on any atom is -0.493 e. The number of carbonyl (C=O) groups is 1. The Labute approximate surface area is 206 Å². The largest absolute Gasteiger partial charge is 0.493 e. The summed E-state index contributed by atoms with van der Waals surface area (Å²) in [5, 5.41) is 1.81. The molecule has 0 radical (unpaired) electrons. The average Bonchev–Trinajstić information content (AvgIpc) is 3.36. The molecular weight excluding hydrogens is 503 g/mol. The molecule has 1 heterocycles. The molecule has 0 aliphatic rings. The fourth-order valence-electron chi connectivity index (χ4n) is 3.27. The Morgan fingerprint density at radius 3 is 2.43 bits per heavy atom. The molecule has 0 saturated carbocycles. The highest BCUT2D eigenvalue weighted by atomic mass is 32.2. The summed E-state index contributed by atoms with van der Waals surface area (Å²) in [5.41, 5.74) is -0.551. The van der Waals surface area contributed by atoms with Crippen molar-refractivity contribution in [3.63, 3.8) is 0 Å². The third-order valence-corrected chi connectivity index (χ3v) is 7.43. The molecule has 6 nitrogen and oxygen atoms in total. The second kappa shape index (κ2) is 10.7. The molecule has 0 bridgehead atoms. The molecule has 0 fully saturated rings. The van der Waals surface area contributed by atoms with E-state index in [0.29, 0.717) is 22.9 Å². The van der Waals surface area contributed by atoms with Crippen LogP contribution >= 0.6 is 11.3 Å². The van der Waals surface area contributed by atoms with E-state index >= 15 is 0 Å². The predicted molar refractivity (Wildman–Crippen MR) is 126 cm³/mol. The second-order valence-electron chi connectivity index (χ2n) is 7.72. The molecule has 3 aromatic rings. The zero-order valence-electron chi connectivity index (χ0n) is 19.2. The molecule has 188 valence electrons. The molecule has 1 amide bonds. The van der Waals surface area contributed by atoms with Gasteiger partial charge in [0.2, 0.25) is 0 Å². The zero-order valence-corrected chi connectivity index (χ0v) is 20.8. The monoisotopic (exact) mass is 527 g/mol. The number of halogens is 3.